The van der Waals surface area contributed by atoms with Crippen LogP contribution >= 0.6 is 11.8 Å². The van der Waals surface area contributed by atoms with E-state index < -0.39 is 0 Å². The molecule has 0 bridgehead atoms. The van der Waals surface area contributed by atoms with Gasteiger partial charge < -0.3 is 4.90 Å². The Balaban J connectivity index is 1.83. The van der Waals surface area contributed by atoms with Gasteiger partial charge in [0.05, 0.1) is 5.25 Å². The molecular weight excluding hydrogens is 370 g/mol. The van der Waals surface area contributed by atoms with Crippen LogP contribution in [0.4, 0.5) is 5.69 Å². The lowest BCUT2D eigenvalue weighted by atomic mass is 10.2. The van der Waals surface area contributed by atoms with Crippen molar-refractivity contribution in [2.45, 2.75) is 30.8 Å². The van der Waals surface area contributed by atoms with E-state index in [1.807, 2.05) is 60.9 Å². The van der Waals surface area contributed by atoms with E-state index in [4.69, 9.17) is 0 Å². The minimum absolute atomic E-state index is 0.0392. The highest BCUT2D eigenvalue weighted by Gasteiger charge is 2.24. The highest BCUT2D eigenvalue weighted by Crippen LogP contribution is 2.28. The van der Waals surface area contributed by atoms with Gasteiger partial charge in [0, 0.05) is 36.7 Å². The molecule has 6 nitrogen and oxygen atoms in total. The molecule has 0 radical (unpaired) electrons. The molecule has 1 atom stereocenters. The van der Waals surface area contributed by atoms with E-state index in [1.54, 1.807) is 23.4 Å². The molecule has 1 amide bonds. The van der Waals surface area contributed by atoms with E-state index in [2.05, 4.69) is 21.8 Å². The summed E-state index contributed by atoms with van der Waals surface area (Å²) in [5.74, 6) is 0.775. The van der Waals surface area contributed by atoms with Crippen molar-refractivity contribution >= 4 is 23.4 Å². The lowest BCUT2D eigenvalue weighted by Crippen LogP contribution is -2.36. The smallest absolute Gasteiger partial charge is 0.240 e. The number of hydrogen-bond donors (Lipinski definition) is 0. The summed E-state index contributed by atoms with van der Waals surface area (Å²) in [5.41, 5.74) is 1.82. The number of pyridine rings is 1. The van der Waals surface area contributed by atoms with Gasteiger partial charge in [-0.15, -0.1) is 16.8 Å². The highest BCUT2D eigenvalue weighted by molar-refractivity contribution is 8.00. The van der Waals surface area contributed by atoms with Crippen LogP contribution in [-0.2, 0) is 11.3 Å². The third-order valence-corrected chi connectivity index (χ3v) is 5.32. The molecule has 2 aromatic heterocycles. The van der Waals surface area contributed by atoms with Crippen LogP contribution in [0.15, 0.2) is 72.7 Å². The van der Waals surface area contributed by atoms with Gasteiger partial charge in [-0.1, -0.05) is 36.0 Å². The fourth-order valence-electron chi connectivity index (χ4n) is 2.89. The zero-order valence-electron chi connectivity index (χ0n) is 16.0. The number of benzene rings is 1. The maximum atomic E-state index is 13.0. The monoisotopic (exact) mass is 393 g/mol. The number of amides is 1. The van der Waals surface area contributed by atoms with Crippen molar-refractivity contribution in [3.8, 4) is 11.4 Å². The molecule has 28 heavy (non-hydrogen) atoms. The summed E-state index contributed by atoms with van der Waals surface area (Å²) in [5, 5.41) is 9.04. The third kappa shape index (κ3) is 4.31. The molecule has 3 rings (SSSR count). The summed E-state index contributed by atoms with van der Waals surface area (Å²) in [6, 6.07) is 13.5. The first-order valence-electron chi connectivity index (χ1n) is 9.13. The number of anilines is 1. The second-order valence-corrected chi connectivity index (χ2v) is 7.43. The Morgan fingerprint density at radius 2 is 1.93 bits per heavy atom. The Morgan fingerprint density at radius 1 is 1.21 bits per heavy atom. The molecule has 0 fully saturated rings. The number of thioether (sulfide) groups is 1. The SMILES string of the molecule is C=CCn1c(S[C@@H](C)C(=O)N(CC)c2ccccc2)nnc1-c1ccncc1. The molecule has 0 unspecified atom stereocenters. The van der Waals surface area contributed by atoms with Crippen LogP contribution in [0.25, 0.3) is 11.4 Å². The van der Waals surface area contributed by atoms with Gasteiger partial charge in [0.1, 0.15) is 0 Å². The Morgan fingerprint density at radius 3 is 2.57 bits per heavy atom. The minimum Gasteiger partial charge on any atom is -0.312 e. The molecule has 144 valence electrons. The van der Waals surface area contributed by atoms with Gasteiger partial charge in [-0.05, 0) is 38.1 Å². The van der Waals surface area contributed by atoms with Crippen molar-refractivity contribution in [1.82, 2.24) is 19.7 Å². The Bertz CT molecular complexity index is 926. The summed E-state index contributed by atoms with van der Waals surface area (Å²) in [6.45, 7) is 8.88. The lowest BCUT2D eigenvalue weighted by molar-refractivity contribution is -0.117. The Hall–Kier alpha value is -2.93. The summed E-state index contributed by atoms with van der Waals surface area (Å²) < 4.78 is 1.97. The molecule has 0 N–H and O–H groups in total. The third-order valence-electron chi connectivity index (χ3n) is 4.25. The van der Waals surface area contributed by atoms with Crippen molar-refractivity contribution < 1.29 is 4.79 Å². The average Bonchev–Trinajstić information content (AvgIpc) is 3.12. The van der Waals surface area contributed by atoms with Crippen LogP contribution in [0.3, 0.4) is 0 Å². The van der Waals surface area contributed by atoms with E-state index >= 15 is 0 Å². The predicted octanol–water partition coefficient (Wildman–Crippen LogP) is 4.06. The molecule has 0 saturated carbocycles. The summed E-state index contributed by atoms with van der Waals surface area (Å²) >= 11 is 1.41. The van der Waals surface area contributed by atoms with Crippen molar-refractivity contribution in [2.75, 3.05) is 11.4 Å². The molecule has 0 aliphatic heterocycles. The zero-order valence-corrected chi connectivity index (χ0v) is 16.8. The molecule has 0 aliphatic carbocycles. The maximum absolute atomic E-state index is 13.0. The normalized spacial score (nSPS) is 11.8. The standard InChI is InChI=1S/C21H23N5OS/c1-4-15-26-19(17-11-13-22-14-12-17)23-24-21(26)28-16(3)20(27)25(5-2)18-9-7-6-8-10-18/h4,6-14,16H,1,5,15H2,2-3H3/t16-/m0/s1. The first-order valence-corrected chi connectivity index (χ1v) is 10.0. The zero-order chi connectivity index (χ0) is 19.9. The fourth-order valence-corrected chi connectivity index (χ4v) is 3.81. The van der Waals surface area contributed by atoms with Crippen LogP contribution in [0.1, 0.15) is 13.8 Å². The van der Waals surface area contributed by atoms with Crippen LogP contribution in [-0.4, -0.2) is 37.5 Å². The van der Waals surface area contributed by atoms with Gasteiger partial charge in [0.2, 0.25) is 5.91 Å². The maximum Gasteiger partial charge on any atom is 0.240 e. The number of carbonyl (C=O) groups excluding carboxylic acids is 1. The molecule has 0 aliphatic rings. The van der Waals surface area contributed by atoms with Crippen molar-refractivity contribution in [1.29, 1.82) is 0 Å². The number of carbonyl (C=O) groups is 1. The number of nitrogens with zero attached hydrogens (tertiary/aromatic N) is 5. The van der Waals surface area contributed by atoms with Crippen molar-refractivity contribution in [3.63, 3.8) is 0 Å². The number of aromatic nitrogens is 4. The van der Waals surface area contributed by atoms with E-state index in [9.17, 15) is 4.79 Å². The van der Waals surface area contributed by atoms with Crippen LogP contribution in [0.5, 0.6) is 0 Å². The number of allylic oxidation sites excluding steroid dienone is 1. The Kier molecular flexibility index (Phi) is 6.60. The number of hydrogen-bond acceptors (Lipinski definition) is 5. The second-order valence-electron chi connectivity index (χ2n) is 6.12. The van der Waals surface area contributed by atoms with Crippen LogP contribution < -0.4 is 4.90 Å². The van der Waals surface area contributed by atoms with Gasteiger partial charge in [0.25, 0.3) is 0 Å². The quantitative estimate of drug-likeness (QED) is 0.427. The number of para-hydroxylation sites is 1. The van der Waals surface area contributed by atoms with Crippen molar-refractivity contribution in [3.05, 3.63) is 67.5 Å². The molecule has 7 heteroatoms. The minimum atomic E-state index is -0.307. The largest absolute Gasteiger partial charge is 0.312 e. The second kappa shape index (κ2) is 9.32. The van der Waals surface area contributed by atoms with Gasteiger partial charge in [0.15, 0.2) is 11.0 Å². The fraction of sp³-hybridized carbons (Fsp3) is 0.238. The van der Waals surface area contributed by atoms with E-state index in [0.717, 1.165) is 17.1 Å². The summed E-state index contributed by atoms with van der Waals surface area (Å²) in [6.07, 6.45) is 5.24. The van der Waals surface area contributed by atoms with E-state index in [-0.39, 0.29) is 11.2 Å². The molecular formula is C21H23N5OS. The van der Waals surface area contributed by atoms with Crippen LogP contribution in [0, 0.1) is 0 Å². The summed E-state index contributed by atoms with van der Waals surface area (Å²) in [7, 11) is 0. The molecule has 3 aromatic rings. The average molecular weight is 394 g/mol. The van der Waals surface area contributed by atoms with Crippen molar-refractivity contribution in [2.24, 2.45) is 0 Å². The molecule has 2 heterocycles. The predicted molar refractivity (Wildman–Crippen MR) is 113 cm³/mol. The van der Waals surface area contributed by atoms with E-state index in [1.165, 1.54) is 11.8 Å². The first kappa shape index (κ1) is 19.8. The van der Waals surface area contributed by atoms with E-state index in [0.29, 0.717) is 18.2 Å². The molecule has 1 aromatic carbocycles. The van der Waals surface area contributed by atoms with Crippen LogP contribution in [0.2, 0.25) is 0 Å². The first-order chi connectivity index (χ1) is 13.7. The number of rotatable bonds is 8. The molecule has 0 saturated heterocycles. The van der Waals surface area contributed by atoms with Gasteiger partial charge in [-0.3, -0.25) is 14.3 Å². The highest BCUT2D eigenvalue weighted by atomic mass is 32.2. The van der Waals surface area contributed by atoms with Gasteiger partial charge in [-0.25, -0.2) is 0 Å². The van der Waals surface area contributed by atoms with Gasteiger partial charge >= 0.3 is 0 Å². The Labute approximate surface area is 169 Å². The molecule has 0 spiro atoms. The summed E-state index contributed by atoms with van der Waals surface area (Å²) in [4.78, 5) is 18.9. The van der Waals surface area contributed by atoms with Gasteiger partial charge in [-0.2, -0.15) is 0 Å². The lowest BCUT2D eigenvalue weighted by Gasteiger charge is -2.24. The topological polar surface area (TPSA) is 63.9 Å².